The van der Waals surface area contributed by atoms with E-state index in [1.807, 2.05) is 0 Å². The first kappa shape index (κ1) is 11.5. The first-order valence-corrected chi connectivity index (χ1v) is 4.81. The fourth-order valence-corrected chi connectivity index (χ4v) is 1.61. The Kier molecular flexibility index (Phi) is 2.98. The number of carboxylic acids is 1. The van der Waals surface area contributed by atoms with Crippen molar-refractivity contribution in [2.45, 2.75) is 27.7 Å². The van der Waals surface area contributed by atoms with Crippen LogP contribution in [0.2, 0.25) is 0 Å². The van der Waals surface area contributed by atoms with E-state index in [-0.39, 0.29) is 17.4 Å². The van der Waals surface area contributed by atoms with Gasteiger partial charge in [0.2, 0.25) is 0 Å². The maximum atomic E-state index is 11.8. The van der Waals surface area contributed by atoms with Crippen molar-refractivity contribution in [1.29, 1.82) is 0 Å². The number of carbonyl (C=O) groups is 2. The van der Waals surface area contributed by atoms with Crippen LogP contribution in [0.4, 0.5) is 0 Å². The molecule has 82 valence electrons. The van der Waals surface area contributed by atoms with Gasteiger partial charge < -0.3 is 14.9 Å². The van der Waals surface area contributed by atoms with Gasteiger partial charge in [-0.25, -0.2) is 0 Å². The van der Waals surface area contributed by atoms with Crippen LogP contribution < -0.4 is 5.11 Å². The molecule has 1 aromatic rings. The summed E-state index contributed by atoms with van der Waals surface area (Å²) in [5.74, 6) is -1.47. The van der Waals surface area contributed by atoms with E-state index < -0.39 is 5.97 Å². The zero-order valence-electron chi connectivity index (χ0n) is 9.30. The number of H-pyrrole nitrogens is 1. The summed E-state index contributed by atoms with van der Waals surface area (Å²) in [4.78, 5) is 25.2. The van der Waals surface area contributed by atoms with Crippen LogP contribution in [-0.4, -0.2) is 16.7 Å². The van der Waals surface area contributed by atoms with E-state index in [4.69, 9.17) is 0 Å². The number of ketones is 1. The lowest BCUT2D eigenvalue weighted by Crippen LogP contribution is -2.23. The van der Waals surface area contributed by atoms with E-state index in [2.05, 4.69) is 4.98 Å². The van der Waals surface area contributed by atoms with Gasteiger partial charge in [-0.3, -0.25) is 4.79 Å². The summed E-state index contributed by atoms with van der Waals surface area (Å²) in [5, 5.41) is 10.7. The van der Waals surface area contributed by atoms with Gasteiger partial charge >= 0.3 is 0 Å². The van der Waals surface area contributed by atoms with E-state index in [1.54, 1.807) is 27.7 Å². The Hall–Kier alpha value is -1.58. The Balaban J connectivity index is 3.31. The summed E-state index contributed by atoms with van der Waals surface area (Å²) in [6.45, 7) is 6.87. The molecule has 0 saturated carbocycles. The standard InChI is InChI=1S/C11H15NO3/c1-5(2)10(13)8-6(3)9(11(14)15)12-7(8)4/h5,12H,1-4H3,(H,14,15)/p-1. The maximum absolute atomic E-state index is 11.8. The van der Waals surface area contributed by atoms with Gasteiger partial charge in [-0.05, 0) is 19.4 Å². The fraction of sp³-hybridized carbons (Fsp3) is 0.455. The maximum Gasteiger partial charge on any atom is 0.167 e. The molecule has 0 aliphatic heterocycles. The van der Waals surface area contributed by atoms with Crippen LogP contribution in [0.1, 0.15) is 46.0 Å². The summed E-state index contributed by atoms with van der Waals surface area (Å²) >= 11 is 0. The summed E-state index contributed by atoms with van der Waals surface area (Å²) < 4.78 is 0. The average Bonchev–Trinajstić information content (AvgIpc) is 2.41. The molecule has 0 atom stereocenters. The molecular weight excluding hydrogens is 194 g/mol. The highest BCUT2D eigenvalue weighted by Crippen LogP contribution is 2.20. The van der Waals surface area contributed by atoms with Crippen LogP contribution in [0.5, 0.6) is 0 Å². The second-order valence-corrected chi connectivity index (χ2v) is 3.93. The van der Waals surface area contributed by atoms with Gasteiger partial charge in [0, 0.05) is 17.2 Å². The number of aromatic nitrogens is 1. The molecule has 0 amide bonds. The van der Waals surface area contributed by atoms with E-state index in [0.717, 1.165) is 0 Å². The normalized spacial score (nSPS) is 10.7. The number of hydrogen-bond donors (Lipinski definition) is 1. The van der Waals surface area contributed by atoms with Crippen molar-refractivity contribution in [3.8, 4) is 0 Å². The highest BCUT2D eigenvalue weighted by atomic mass is 16.4. The second kappa shape index (κ2) is 3.88. The number of carboxylic acid groups (broad SMARTS) is 1. The summed E-state index contributed by atoms with van der Waals surface area (Å²) in [6.07, 6.45) is 0. The molecule has 1 rings (SSSR count). The van der Waals surface area contributed by atoms with Gasteiger partial charge in [0.1, 0.15) is 0 Å². The molecule has 0 unspecified atom stereocenters. The SMILES string of the molecule is Cc1[nH]c(C(=O)[O-])c(C)c1C(=O)C(C)C. The van der Waals surface area contributed by atoms with E-state index in [9.17, 15) is 14.7 Å². The predicted molar refractivity (Wildman–Crippen MR) is 53.8 cm³/mol. The van der Waals surface area contributed by atoms with Gasteiger partial charge in [-0.15, -0.1) is 0 Å². The van der Waals surface area contributed by atoms with Gasteiger partial charge in [-0.1, -0.05) is 13.8 Å². The quantitative estimate of drug-likeness (QED) is 0.748. The first-order chi connectivity index (χ1) is 6.86. The van der Waals surface area contributed by atoms with Crippen LogP contribution >= 0.6 is 0 Å². The lowest BCUT2D eigenvalue weighted by molar-refractivity contribution is -0.255. The minimum Gasteiger partial charge on any atom is -0.543 e. The van der Waals surface area contributed by atoms with Crippen molar-refractivity contribution >= 4 is 11.8 Å². The molecule has 0 radical (unpaired) electrons. The third-order valence-electron chi connectivity index (χ3n) is 2.41. The van der Waals surface area contributed by atoms with E-state index >= 15 is 0 Å². The third-order valence-corrected chi connectivity index (χ3v) is 2.41. The van der Waals surface area contributed by atoms with Gasteiger partial charge in [-0.2, -0.15) is 0 Å². The molecule has 4 nitrogen and oxygen atoms in total. The molecule has 0 saturated heterocycles. The summed E-state index contributed by atoms with van der Waals surface area (Å²) in [5.41, 5.74) is 1.53. The Labute approximate surface area is 88.3 Å². The number of rotatable bonds is 3. The van der Waals surface area contributed by atoms with Crippen LogP contribution in [0.3, 0.4) is 0 Å². The highest BCUT2D eigenvalue weighted by molar-refractivity contribution is 6.02. The fourth-order valence-electron chi connectivity index (χ4n) is 1.61. The molecule has 1 aromatic heterocycles. The Morgan fingerprint density at radius 2 is 1.80 bits per heavy atom. The molecule has 4 heteroatoms. The van der Waals surface area contributed by atoms with Gasteiger partial charge in [0.25, 0.3) is 0 Å². The topological polar surface area (TPSA) is 73.0 Å². The highest BCUT2D eigenvalue weighted by Gasteiger charge is 2.20. The minimum atomic E-state index is -1.28. The molecule has 0 aliphatic rings. The lowest BCUT2D eigenvalue weighted by Gasteiger charge is -2.05. The van der Waals surface area contributed by atoms with E-state index in [0.29, 0.717) is 16.8 Å². The van der Waals surface area contributed by atoms with Crippen LogP contribution in [-0.2, 0) is 0 Å². The lowest BCUT2D eigenvalue weighted by atomic mass is 9.98. The third kappa shape index (κ3) is 1.93. The Bertz CT molecular complexity index is 416. The number of hydrogen-bond acceptors (Lipinski definition) is 3. The molecule has 15 heavy (non-hydrogen) atoms. The van der Waals surface area contributed by atoms with Crippen molar-refractivity contribution in [3.05, 3.63) is 22.5 Å². The smallest absolute Gasteiger partial charge is 0.167 e. The Morgan fingerprint density at radius 1 is 1.27 bits per heavy atom. The van der Waals surface area contributed by atoms with Crippen molar-refractivity contribution < 1.29 is 14.7 Å². The van der Waals surface area contributed by atoms with Gasteiger partial charge in [0.15, 0.2) is 5.78 Å². The summed E-state index contributed by atoms with van der Waals surface area (Å²) in [6, 6.07) is 0. The molecule has 0 aliphatic carbocycles. The van der Waals surface area contributed by atoms with Crippen LogP contribution in [0.15, 0.2) is 0 Å². The zero-order valence-corrected chi connectivity index (χ0v) is 9.30. The number of carbonyl (C=O) groups excluding carboxylic acids is 2. The minimum absolute atomic E-state index is 0.00324. The van der Waals surface area contributed by atoms with Crippen molar-refractivity contribution in [2.75, 3.05) is 0 Å². The number of Topliss-reactive ketones (excluding diaryl/α,β-unsaturated/α-hetero) is 1. The molecule has 0 spiro atoms. The number of aromatic carboxylic acids is 1. The number of aromatic amines is 1. The van der Waals surface area contributed by atoms with Gasteiger partial charge in [0.05, 0.1) is 11.7 Å². The molecule has 0 fully saturated rings. The molecule has 1 N–H and O–H groups in total. The summed E-state index contributed by atoms with van der Waals surface area (Å²) in [7, 11) is 0. The molecule has 0 bridgehead atoms. The Morgan fingerprint density at radius 3 is 2.13 bits per heavy atom. The number of nitrogens with one attached hydrogen (secondary N) is 1. The zero-order chi connectivity index (χ0) is 11.7. The van der Waals surface area contributed by atoms with Crippen molar-refractivity contribution in [3.63, 3.8) is 0 Å². The van der Waals surface area contributed by atoms with Crippen molar-refractivity contribution in [2.24, 2.45) is 5.92 Å². The van der Waals surface area contributed by atoms with Crippen molar-refractivity contribution in [1.82, 2.24) is 4.98 Å². The number of aryl methyl sites for hydroxylation is 1. The molecule has 1 heterocycles. The van der Waals surface area contributed by atoms with Crippen LogP contribution in [0.25, 0.3) is 0 Å². The predicted octanol–water partition coefficient (Wildman–Crippen LogP) is 0.834. The monoisotopic (exact) mass is 208 g/mol. The molecular formula is C11H14NO3-. The molecule has 0 aromatic carbocycles. The average molecular weight is 208 g/mol. The van der Waals surface area contributed by atoms with Crippen LogP contribution in [0, 0.1) is 19.8 Å². The largest absolute Gasteiger partial charge is 0.543 e. The van der Waals surface area contributed by atoms with E-state index in [1.165, 1.54) is 0 Å². The first-order valence-electron chi connectivity index (χ1n) is 4.81. The second-order valence-electron chi connectivity index (χ2n) is 3.93.